The van der Waals surface area contributed by atoms with Crippen molar-refractivity contribution in [3.8, 4) is 16.8 Å². The number of aromatic nitrogens is 1. The second kappa shape index (κ2) is 14.8. The Hall–Kier alpha value is -7.50. The maximum Gasteiger partial charge on any atom is 0.123 e. The summed E-state index contributed by atoms with van der Waals surface area (Å²) < 4.78 is 30.9. The minimum Gasteiger partial charge on any atom is -0.310 e. The quantitative estimate of drug-likeness (QED) is 0.153. The lowest BCUT2D eigenvalue weighted by atomic mass is 10.0. The van der Waals surface area contributed by atoms with Crippen LogP contribution in [0.15, 0.2) is 200 Å². The highest BCUT2D eigenvalue weighted by Gasteiger charge is 2.21. The van der Waals surface area contributed by atoms with E-state index in [4.69, 9.17) is 0 Å². The van der Waals surface area contributed by atoms with Gasteiger partial charge in [-0.15, -0.1) is 0 Å². The molecule has 0 fully saturated rings. The van der Waals surface area contributed by atoms with Gasteiger partial charge in [-0.25, -0.2) is 8.78 Å². The lowest BCUT2D eigenvalue weighted by Gasteiger charge is -2.27. The molecule has 0 amide bonds. The van der Waals surface area contributed by atoms with E-state index in [1.54, 1.807) is 0 Å². The molecule has 0 saturated carbocycles. The second-order valence-electron chi connectivity index (χ2n) is 15.1. The van der Waals surface area contributed by atoms with Crippen molar-refractivity contribution in [1.82, 2.24) is 4.57 Å². The third kappa shape index (κ3) is 6.57. The van der Waals surface area contributed by atoms with Crippen LogP contribution in [0, 0.1) is 25.5 Å². The van der Waals surface area contributed by atoms with Crippen LogP contribution < -0.4 is 9.80 Å². The Morgan fingerprint density at radius 2 is 0.898 bits per heavy atom. The molecule has 1 aromatic heterocycles. The highest BCUT2D eigenvalue weighted by molar-refractivity contribution is 6.15. The summed E-state index contributed by atoms with van der Waals surface area (Å²) in [5, 5.41) is 4.44. The van der Waals surface area contributed by atoms with E-state index < -0.39 is 0 Å². The van der Waals surface area contributed by atoms with Crippen LogP contribution >= 0.6 is 0 Å². The van der Waals surface area contributed by atoms with Crippen molar-refractivity contribution in [2.24, 2.45) is 0 Å². The fourth-order valence-corrected chi connectivity index (χ4v) is 8.41. The number of para-hydroxylation sites is 2. The van der Waals surface area contributed by atoms with Gasteiger partial charge in [-0.3, -0.25) is 0 Å². The van der Waals surface area contributed by atoms with E-state index in [-0.39, 0.29) is 11.6 Å². The van der Waals surface area contributed by atoms with Crippen LogP contribution in [0.1, 0.15) is 11.1 Å². The van der Waals surface area contributed by atoms with Crippen molar-refractivity contribution in [1.29, 1.82) is 0 Å². The monoisotopic (exact) mass is 767 g/mol. The zero-order valence-electron chi connectivity index (χ0n) is 32.7. The molecular formula is C54H39F2N3. The van der Waals surface area contributed by atoms with E-state index in [0.717, 1.165) is 94.6 Å². The summed E-state index contributed by atoms with van der Waals surface area (Å²) in [6.45, 7) is 4.20. The van der Waals surface area contributed by atoms with E-state index in [1.165, 1.54) is 24.3 Å². The van der Waals surface area contributed by atoms with Crippen LogP contribution in [0.5, 0.6) is 0 Å². The normalized spacial score (nSPS) is 11.4. The van der Waals surface area contributed by atoms with Gasteiger partial charge in [0, 0.05) is 50.6 Å². The van der Waals surface area contributed by atoms with Gasteiger partial charge in [0.05, 0.1) is 11.0 Å². The lowest BCUT2D eigenvalue weighted by Crippen LogP contribution is -2.11. The Kier molecular flexibility index (Phi) is 8.99. The molecule has 10 rings (SSSR count). The van der Waals surface area contributed by atoms with E-state index >= 15 is 0 Å². The fourth-order valence-electron chi connectivity index (χ4n) is 8.41. The summed E-state index contributed by atoms with van der Waals surface area (Å²) in [4.78, 5) is 4.40. The topological polar surface area (TPSA) is 11.4 Å². The number of halogens is 2. The first-order chi connectivity index (χ1) is 28.9. The molecule has 0 saturated heterocycles. The van der Waals surface area contributed by atoms with Crippen molar-refractivity contribution in [2.45, 2.75) is 13.8 Å². The van der Waals surface area contributed by atoms with Gasteiger partial charge in [-0.05, 0) is 156 Å². The van der Waals surface area contributed by atoms with E-state index in [9.17, 15) is 8.78 Å². The average Bonchev–Trinajstić information content (AvgIpc) is 3.58. The maximum absolute atomic E-state index is 14.3. The van der Waals surface area contributed by atoms with Gasteiger partial charge in [-0.1, -0.05) is 91.0 Å². The highest BCUT2D eigenvalue weighted by Crippen LogP contribution is 2.43. The predicted octanol–water partition coefficient (Wildman–Crippen LogP) is 15.4. The molecule has 0 aliphatic rings. The van der Waals surface area contributed by atoms with Gasteiger partial charge >= 0.3 is 0 Å². The number of benzene rings is 9. The summed E-state index contributed by atoms with van der Waals surface area (Å²) >= 11 is 0. The Bertz CT molecular complexity index is 3150. The minimum atomic E-state index is -0.276. The zero-order chi connectivity index (χ0) is 40.0. The number of anilines is 6. The first-order valence-electron chi connectivity index (χ1n) is 19.8. The molecular weight excluding hydrogens is 729 g/mol. The van der Waals surface area contributed by atoms with Gasteiger partial charge < -0.3 is 14.4 Å². The third-order valence-corrected chi connectivity index (χ3v) is 11.3. The van der Waals surface area contributed by atoms with Crippen LogP contribution in [-0.2, 0) is 0 Å². The van der Waals surface area contributed by atoms with Crippen molar-refractivity contribution < 1.29 is 8.78 Å². The van der Waals surface area contributed by atoms with Gasteiger partial charge in [-0.2, -0.15) is 0 Å². The van der Waals surface area contributed by atoms with Gasteiger partial charge in [0.25, 0.3) is 0 Å². The largest absolute Gasteiger partial charge is 0.310 e. The minimum absolute atomic E-state index is 0.272. The van der Waals surface area contributed by atoms with E-state index in [1.807, 2.05) is 54.6 Å². The van der Waals surface area contributed by atoms with Crippen LogP contribution in [0.3, 0.4) is 0 Å². The molecule has 0 radical (unpaired) electrons. The van der Waals surface area contributed by atoms with Crippen molar-refractivity contribution in [2.75, 3.05) is 9.80 Å². The van der Waals surface area contributed by atoms with Crippen molar-refractivity contribution >= 4 is 66.7 Å². The van der Waals surface area contributed by atoms with Gasteiger partial charge in [0.2, 0.25) is 0 Å². The lowest BCUT2D eigenvalue weighted by molar-refractivity contribution is 0.627. The zero-order valence-corrected chi connectivity index (χ0v) is 32.7. The van der Waals surface area contributed by atoms with Crippen LogP contribution in [0.2, 0.25) is 0 Å². The molecule has 0 aliphatic carbocycles. The molecule has 0 spiro atoms. The molecule has 0 unspecified atom stereocenters. The maximum atomic E-state index is 14.3. The highest BCUT2D eigenvalue weighted by atomic mass is 19.1. The van der Waals surface area contributed by atoms with Crippen molar-refractivity contribution in [3.63, 3.8) is 0 Å². The first-order valence-corrected chi connectivity index (χ1v) is 19.8. The van der Waals surface area contributed by atoms with Gasteiger partial charge in [0.15, 0.2) is 0 Å². The molecule has 10 aromatic rings. The van der Waals surface area contributed by atoms with Crippen molar-refractivity contribution in [3.05, 3.63) is 223 Å². The summed E-state index contributed by atoms with van der Waals surface area (Å²) in [6.07, 6.45) is 0. The number of nitrogens with zero attached hydrogens (tertiary/aromatic N) is 3. The Labute approximate surface area is 342 Å². The summed E-state index contributed by atoms with van der Waals surface area (Å²) in [6, 6.07) is 66.9. The molecule has 3 nitrogen and oxygen atoms in total. The molecule has 5 heteroatoms. The van der Waals surface area contributed by atoms with Crippen LogP contribution in [0.4, 0.5) is 42.9 Å². The molecule has 59 heavy (non-hydrogen) atoms. The Morgan fingerprint density at radius 3 is 1.53 bits per heavy atom. The average molecular weight is 768 g/mol. The molecule has 0 aliphatic heterocycles. The summed E-state index contributed by atoms with van der Waals surface area (Å²) in [5.74, 6) is -0.548. The molecule has 0 N–H and O–H groups in total. The van der Waals surface area contributed by atoms with Crippen LogP contribution in [-0.4, -0.2) is 4.57 Å². The second-order valence-corrected chi connectivity index (χ2v) is 15.1. The van der Waals surface area contributed by atoms with E-state index in [2.05, 4.69) is 150 Å². The molecule has 284 valence electrons. The molecule has 9 aromatic carbocycles. The molecule has 0 bridgehead atoms. The first kappa shape index (κ1) is 35.9. The molecule has 1 heterocycles. The number of hydrogen-bond donors (Lipinski definition) is 0. The Morgan fingerprint density at radius 1 is 0.373 bits per heavy atom. The number of aryl methyl sites for hydroxylation is 2. The smallest absolute Gasteiger partial charge is 0.123 e. The van der Waals surface area contributed by atoms with Gasteiger partial charge in [0.1, 0.15) is 11.6 Å². The standard InChI is InChI=1S/C54H39F2N3/c1-36-11-6-8-17-51(36)57(44-25-20-42(55)21-26-44)47-24-19-40-33-50-49-30-29-48(58(45-27-22-43(56)23-28-45)52-18-9-7-12-37(52)2)35-54(49)59(53(50)34-41(40)32-47)46-16-10-15-39(31-46)38-13-4-3-5-14-38/h3-35H,1-2H3. The number of rotatable bonds is 8. The Balaban J connectivity index is 1.23. The SMILES string of the molecule is Cc1ccccc1N(c1ccc(F)cc1)c1ccc2cc3c4ccc(N(c5ccc(F)cc5)c5ccccc5C)cc4n(-c4cccc(-c5ccccc5)c4)c3cc2c1. The van der Waals surface area contributed by atoms with Crippen LogP contribution in [0.25, 0.3) is 49.4 Å². The summed E-state index contributed by atoms with van der Waals surface area (Å²) in [5.41, 5.74) is 13.4. The summed E-state index contributed by atoms with van der Waals surface area (Å²) in [7, 11) is 0. The fraction of sp³-hybridized carbons (Fsp3) is 0.0370. The number of hydrogen-bond acceptors (Lipinski definition) is 2. The number of fused-ring (bicyclic) bond motifs is 4. The predicted molar refractivity (Wildman–Crippen MR) is 242 cm³/mol. The van der Waals surface area contributed by atoms with E-state index in [0.29, 0.717) is 0 Å². The molecule has 0 atom stereocenters. The third-order valence-electron chi connectivity index (χ3n) is 11.3.